The van der Waals surface area contributed by atoms with E-state index in [1.807, 2.05) is 0 Å². The number of anilines is 1. The number of nitrogens with zero attached hydrogens (tertiary/aromatic N) is 1. The number of hydrogen-bond donors (Lipinski definition) is 1. The summed E-state index contributed by atoms with van der Waals surface area (Å²) in [6.07, 6.45) is 0. The highest BCUT2D eigenvalue weighted by molar-refractivity contribution is 7.92. The van der Waals surface area contributed by atoms with Gasteiger partial charge in [-0.2, -0.15) is 0 Å². The summed E-state index contributed by atoms with van der Waals surface area (Å²) >= 11 is 18.3. The van der Waals surface area contributed by atoms with Crippen molar-refractivity contribution < 1.29 is 22.5 Å². The van der Waals surface area contributed by atoms with Crippen molar-refractivity contribution in [1.29, 1.82) is 0 Å². The maximum Gasteiger partial charge on any atom is 0.271 e. The SMILES string of the molecule is O=[N+]([O-])c1ccc(Oc2c(Cl)cc(S(=O)(=O)Nc3ccc(F)cc3)cc2Cl)c(Cl)c1. The quantitative estimate of drug-likeness (QED) is 0.323. The van der Waals surface area contributed by atoms with E-state index in [2.05, 4.69) is 4.72 Å². The molecule has 0 bridgehead atoms. The largest absolute Gasteiger partial charge is 0.453 e. The van der Waals surface area contributed by atoms with E-state index in [1.165, 1.54) is 24.3 Å². The summed E-state index contributed by atoms with van der Waals surface area (Å²) in [5.41, 5.74) is -0.0977. The second-order valence-corrected chi connectivity index (χ2v) is 8.71. The van der Waals surface area contributed by atoms with E-state index < -0.39 is 20.8 Å². The van der Waals surface area contributed by atoms with Crippen LogP contribution in [0, 0.1) is 15.9 Å². The van der Waals surface area contributed by atoms with Crippen LogP contribution in [0.5, 0.6) is 11.5 Å². The van der Waals surface area contributed by atoms with Crippen LogP contribution in [0.1, 0.15) is 0 Å². The predicted molar refractivity (Wildman–Crippen MR) is 112 cm³/mol. The molecule has 0 amide bonds. The molecule has 0 saturated heterocycles. The Morgan fingerprint density at radius 2 is 1.53 bits per heavy atom. The first-order chi connectivity index (χ1) is 14.1. The molecule has 1 N–H and O–H groups in total. The van der Waals surface area contributed by atoms with E-state index >= 15 is 0 Å². The zero-order valence-electron chi connectivity index (χ0n) is 14.6. The minimum atomic E-state index is -4.08. The summed E-state index contributed by atoms with van der Waals surface area (Å²) in [7, 11) is -4.08. The first kappa shape index (κ1) is 22.1. The highest BCUT2D eigenvalue weighted by atomic mass is 35.5. The molecule has 0 aromatic heterocycles. The first-order valence-electron chi connectivity index (χ1n) is 7.96. The van der Waals surface area contributed by atoms with E-state index in [0.717, 1.165) is 30.3 Å². The van der Waals surface area contributed by atoms with Gasteiger partial charge in [0.25, 0.3) is 15.7 Å². The molecule has 0 radical (unpaired) electrons. The van der Waals surface area contributed by atoms with Crippen molar-refractivity contribution in [3.05, 3.63) is 85.6 Å². The fourth-order valence-electron chi connectivity index (χ4n) is 2.32. The zero-order valence-corrected chi connectivity index (χ0v) is 17.7. The third-order valence-electron chi connectivity index (χ3n) is 3.72. The van der Waals surface area contributed by atoms with Crippen molar-refractivity contribution in [2.45, 2.75) is 4.90 Å². The third kappa shape index (κ3) is 4.93. The normalized spacial score (nSPS) is 11.2. The minimum Gasteiger partial charge on any atom is -0.453 e. The van der Waals surface area contributed by atoms with Crippen molar-refractivity contribution in [1.82, 2.24) is 0 Å². The summed E-state index contributed by atoms with van der Waals surface area (Å²) in [4.78, 5) is 9.91. The Balaban J connectivity index is 1.90. The van der Waals surface area contributed by atoms with Crippen LogP contribution in [0.2, 0.25) is 15.1 Å². The van der Waals surface area contributed by atoms with E-state index in [0.29, 0.717) is 0 Å². The van der Waals surface area contributed by atoms with Gasteiger partial charge in [-0.1, -0.05) is 34.8 Å². The smallest absolute Gasteiger partial charge is 0.271 e. The second-order valence-electron chi connectivity index (χ2n) is 5.80. The molecule has 12 heteroatoms. The van der Waals surface area contributed by atoms with Gasteiger partial charge in [-0.25, -0.2) is 12.8 Å². The van der Waals surface area contributed by atoms with E-state index in [4.69, 9.17) is 39.5 Å². The Hall–Kier alpha value is -2.59. The molecule has 3 rings (SSSR count). The van der Waals surface area contributed by atoms with Gasteiger partial charge in [-0.3, -0.25) is 14.8 Å². The van der Waals surface area contributed by atoms with Crippen molar-refractivity contribution in [3.8, 4) is 11.5 Å². The molecule has 3 aromatic carbocycles. The predicted octanol–water partition coefficient (Wildman–Crippen LogP) is 6.29. The maximum absolute atomic E-state index is 13.0. The molecule has 0 heterocycles. The molecule has 7 nitrogen and oxygen atoms in total. The van der Waals surface area contributed by atoms with Crippen LogP contribution in [0.25, 0.3) is 0 Å². The van der Waals surface area contributed by atoms with Crippen LogP contribution in [0.3, 0.4) is 0 Å². The van der Waals surface area contributed by atoms with E-state index in [-0.39, 0.29) is 42.8 Å². The number of non-ortho nitro benzene ring substituents is 1. The van der Waals surface area contributed by atoms with Crippen molar-refractivity contribution in [2.24, 2.45) is 0 Å². The van der Waals surface area contributed by atoms with Gasteiger partial charge >= 0.3 is 0 Å². The highest BCUT2D eigenvalue weighted by Gasteiger charge is 2.21. The Morgan fingerprint density at radius 3 is 2.07 bits per heavy atom. The van der Waals surface area contributed by atoms with Crippen LogP contribution >= 0.6 is 34.8 Å². The highest BCUT2D eigenvalue weighted by Crippen LogP contribution is 2.41. The molecule has 0 spiro atoms. The first-order valence-corrected chi connectivity index (χ1v) is 10.6. The summed E-state index contributed by atoms with van der Waals surface area (Å²) in [6, 6.07) is 10.4. The minimum absolute atomic E-state index is 0.0334. The molecule has 30 heavy (non-hydrogen) atoms. The molecular weight excluding hydrogens is 482 g/mol. The fraction of sp³-hybridized carbons (Fsp3) is 0. The van der Waals surface area contributed by atoms with Crippen molar-refractivity contribution in [2.75, 3.05) is 4.72 Å². The molecule has 0 aliphatic rings. The number of ether oxygens (including phenoxy) is 1. The molecule has 156 valence electrons. The van der Waals surface area contributed by atoms with Gasteiger partial charge in [-0.15, -0.1) is 0 Å². The summed E-state index contributed by atoms with van der Waals surface area (Å²) in [5, 5.41) is 10.4. The summed E-state index contributed by atoms with van der Waals surface area (Å²) < 4.78 is 45.9. The number of hydrogen-bond acceptors (Lipinski definition) is 5. The van der Waals surface area contributed by atoms with Gasteiger partial charge in [0.2, 0.25) is 0 Å². The monoisotopic (exact) mass is 490 g/mol. The number of benzene rings is 3. The number of rotatable bonds is 6. The maximum atomic E-state index is 13.0. The van der Waals surface area contributed by atoms with E-state index in [1.54, 1.807) is 0 Å². The molecule has 3 aromatic rings. The van der Waals surface area contributed by atoms with Crippen LogP contribution in [0.4, 0.5) is 15.8 Å². The lowest BCUT2D eigenvalue weighted by Gasteiger charge is -2.13. The number of sulfonamides is 1. The standard InChI is InChI=1S/C18H10Cl3FN2O5S/c19-14-7-12(24(25)26)5-6-17(14)29-18-15(20)8-13(9-16(18)21)30(27,28)23-11-3-1-10(22)2-4-11/h1-9,23H. The van der Waals surface area contributed by atoms with Crippen molar-refractivity contribution in [3.63, 3.8) is 0 Å². The lowest BCUT2D eigenvalue weighted by atomic mass is 10.3. The number of nitro groups is 1. The average Bonchev–Trinajstić information content (AvgIpc) is 2.67. The van der Waals surface area contributed by atoms with Gasteiger partial charge in [0.1, 0.15) is 11.6 Å². The molecular formula is C18H10Cl3FN2O5S. The average molecular weight is 492 g/mol. The zero-order chi connectivity index (χ0) is 22.1. The third-order valence-corrected chi connectivity index (χ3v) is 5.93. The molecule has 0 aliphatic carbocycles. The Kier molecular flexibility index (Phi) is 6.37. The molecule has 0 atom stereocenters. The lowest BCUT2D eigenvalue weighted by molar-refractivity contribution is -0.384. The van der Waals surface area contributed by atoms with E-state index in [9.17, 15) is 22.9 Å². The summed E-state index contributed by atoms with van der Waals surface area (Å²) in [5.74, 6) is -0.573. The Labute approximate surface area is 185 Å². The van der Waals surface area contributed by atoms with Gasteiger partial charge in [0.05, 0.1) is 24.9 Å². The summed E-state index contributed by atoms with van der Waals surface area (Å²) in [6.45, 7) is 0. The molecule has 0 fully saturated rings. The van der Waals surface area contributed by atoms with Gasteiger partial charge in [0, 0.05) is 17.8 Å². The van der Waals surface area contributed by atoms with Gasteiger partial charge in [0.15, 0.2) is 5.75 Å². The Bertz CT molecular complexity index is 1210. The second kappa shape index (κ2) is 8.65. The molecule has 0 saturated carbocycles. The van der Waals surface area contributed by atoms with Crippen LogP contribution in [-0.2, 0) is 10.0 Å². The molecule has 0 unspecified atom stereocenters. The van der Waals surface area contributed by atoms with Crippen molar-refractivity contribution >= 4 is 56.2 Å². The van der Waals surface area contributed by atoms with Gasteiger partial charge < -0.3 is 4.74 Å². The molecule has 0 aliphatic heterocycles. The fourth-order valence-corrected chi connectivity index (χ4v) is 4.33. The van der Waals surface area contributed by atoms with Crippen LogP contribution in [0.15, 0.2) is 59.5 Å². The topological polar surface area (TPSA) is 98.5 Å². The lowest BCUT2D eigenvalue weighted by Crippen LogP contribution is -2.13. The number of halogens is 4. The van der Waals surface area contributed by atoms with Crippen LogP contribution < -0.4 is 9.46 Å². The Morgan fingerprint density at radius 1 is 0.933 bits per heavy atom. The van der Waals surface area contributed by atoms with Gasteiger partial charge in [-0.05, 0) is 42.5 Å². The van der Waals surface area contributed by atoms with Crippen LogP contribution in [-0.4, -0.2) is 13.3 Å². The number of nitro benzene ring substituents is 1. The number of nitrogens with one attached hydrogen (secondary N) is 1.